The van der Waals surface area contributed by atoms with Crippen molar-refractivity contribution in [2.45, 2.75) is 264 Å². The molecule has 0 spiro atoms. The molecule has 0 bridgehead atoms. The maximum Gasteiger partial charge on any atom is 0.472 e. The van der Waals surface area contributed by atoms with Gasteiger partial charge in [-0.2, -0.15) is 0 Å². The van der Waals surface area contributed by atoms with Gasteiger partial charge >= 0.3 is 13.8 Å². The van der Waals surface area contributed by atoms with Crippen LogP contribution in [0.1, 0.15) is 252 Å². The first kappa shape index (κ1) is 77.2. The first-order valence-corrected chi connectivity index (χ1v) is 34.0. The Hall–Kier alpha value is -3.85. The Balaban J connectivity index is 5.37. The maximum atomic E-state index is 13.6. The van der Waals surface area contributed by atoms with Gasteiger partial charge in [0.15, 0.2) is 0 Å². The van der Waals surface area contributed by atoms with E-state index in [4.69, 9.17) is 13.8 Å². The Bertz CT molecular complexity index is 1850. The molecule has 0 heterocycles. The summed E-state index contributed by atoms with van der Waals surface area (Å²) in [6, 6.07) is -0.886. The lowest BCUT2D eigenvalue weighted by Gasteiger charge is -2.27. The molecule has 0 saturated carbocycles. The largest absolute Gasteiger partial charge is 0.472 e. The fraction of sp³-hybridized carbons (Fsp3) is 0.662. The molecule has 81 heavy (non-hydrogen) atoms. The lowest BCUT2D eigenvalue weighted by atomic mass is 10.0. The lowest BCUT2D eigenvalue weighted by molar-refractivity contribution is -0.870. The number of phosphoric acid groups is 1. The SMILES string of the molecule is CC/C=C\C/C=C\C/C=C\C/C=C\C/C=C\C/C=C\CCCCCCC(=O)NC(COP(=O)(O)OCC[N+](C)(C)C)C(/C=C\CCCCCCCCCCCCC)OC(=O)CCCCC/C=C\C/C=C\C/C=C\C/C=C\CCCCC. The number of hydrogen-bond acceptors (Lipinski definition) is 6. The van der Waals surface area contributed by atoms with Crippen molar-refractivity contribution in [3.8, 4) is 0 Å². The molecule has 0 aliphatic carbocycles. The lowest BCUT2D eigenvalue weighted by Crippen LogP contribution is -2.47. The van der Waals surface area contributed by atoms with Gasteiger partial charge < -0.3 is 19.4 Å². The summed E-state index contributed by atoms with van der Waals surface area (Å²) in [5, 5.41) is 3.04. The van der Waals surface area contributed by atoms with E-state index in [0.29, 0.717) is 23.9 Å². The van der Waals surface area contributed by atoms with Crippen LogP contribution in [-0.4, -0.2) is 74.3 Å². The molecule has 0 aromatic carbocycles. The van der Waals surface area contributed by atoms with E-state index in [1.807, 2.05) is 33.3 Å². The topological polar surface area (TPSA) is 111 Å². The van der Waals surface area contributed by atoms with Crippen molar-refractivity contribution in [1.82, 2.24) is 5.32 Å². The van der Waals surface area contributed by atoms with Crippen molar-refractivity contribution >= 4 is 19.7 Å². The quantitative estimate of drug-likeness (QED) is 0.0205. The molecule has 2 N–H and O–H groups in total. The molecule has 462 valence electrons. The predicted molar refractivity (Wildman–Crippen MR) is 350 cm³/mol. The van der Waals surface area contributed by atoms with E-state index >= 15 is 0 Å². The number of rotatable bonds is 57. The third kappa shape index (κ3) is 60.6. The van der Waals surface area contributed by atoms with Crippen LogP contribution in [0, 0.1) is 0 Å². The number of carbonyl (C=O) groups excluding carboxylic acids is 2. The summed E-state index contributed by atoms with van der Waals surface area (Å²) in [5.74, 6) is -0.578. The Kier molecular flexibility index (Phi) is 56.5. The number of quaternary nitrogens is 1. The van der Waals surface area contributed by atoms with Crippen LogP contribution in [0.15, 0.2) is 134 Å². The normalized spacial score (nSPS) is 14.5. The Morgan fingerprint density at radius 2 is 0.790 bits per heavy atom. The van der Waals surface area contributed by atoms with Gasteiger partial charge in [0.1, 0.15) is 19.3 Å². The van der Waals surface area contributed by atoms with Gasteiger partial charge in [-0.3, -0.25) is 18.6 Å². The number of hydrogen-bond donors (Lipinski definition) is 2. The van der Waals surface area contributed by atoms with Gasteiger partial charge in [-0.25, -0.2) is 4.57 Å². The number of nitrogens with one attached hydrogen (secondary N) is 1. The summed E-state index contributed by atoms with van der Waals surface area (Å²) >= 11 is 0. The zero-order valence-electron chi connectivity index (χ0n) is 52.7. The predicted octanol–water partition coefficient (Wildman–Crippen LogP) is 20.4. The van der Waals surface area contributed by atoms with E-state index < -0.39 is 20.0 Å². The highest BCUT2D eigenvalue weighted by atomic mass is 31.2. The summed E-state index contributed by atoms with van der Waals surface area (Å²) in [4.78, 5) is 37.8. The molecule has 10 heteroatoms. The van der Waals surface area contributed by atoms with Gasteiger partial charge in [0.25, 0.3) is 0 Å². The molecular formula is C71H122N2O7P+. The fourth-order valence-corrected chi connectivity index (χ4v) is 9.31. The number of likely N-dealkylation sites (N-methyl/N-ethyl adjacent to an activating group) is 1. The van der Waals surface area contributed by atoms with Gasteiger partial charge in [-0.05, 0) is 128 Å². The van der Waals surface area contributed by atoms with E-state index in [1.54, 1.807) is 0 Å². The molecule has 3 atom stereocenters. The molecule has 0 aromatic rings. The van der Waals surface area contributed by atoms with Crippen LogP contribution in [0.3, 0.4) is 0 Å². The van der Waals surface area contributed by atoms with Gasteiger partial charge in [0.2, 0.25) is 5.91 Å². The van der Waals surface area contributed by atoms with Crippen LogP contribution in [0.2, 0.25) is 0 Å². The summed E-state index contributed by atoms with van der Waals surface area (Å²) in [6.07, 6.45) is 84.5. The number of esters is 1. The number of amides is 1. The van der Waals surface area contributed by atoms with Gasteiger partial charge in [0, 0.05) is 12.8 Å². The zero-order chi connectivity index (χ0) is 59.3. The highest BCUT2D eigenvalue weighted by molar-refractivity contribution is 7.47. The summed E-state index contributed by atoms with van der Waals surface area (Å²) in [6.45, 7) is 6.82. The molecule has 0 aliphatic heterocycles. The highest BCUT2D eigenvalue weighted by Gasteiger charge is 2.30. The molecule has 3 unspecified atom stereocenters. The minimum atomic E-state index is -4.48. The van der Waals surface area contributed by atoms with E-state index in [2.05, 4.69) is 148 Å². The molecule has 0 aromatic heterocycles. The van der Waals surface area contributed by atoms with Crippen molar-refractivity contribution in [3.63, 3.8) is 0 Å². The minimum absolute atomic E-state index is 0.0219. The van der Waals surface area contributed by atoms with Crippen LogP contribution in [0.25, 0.3) is 0 Å². The highest BCUT2D eigenvalue weighted by Crippen LogP contribution is 2.43. The third-order valence-electron chi connectivity index (χ3n) is 13.6. The Morgan fingerprint density at radius 1 is 0.444 bits per heavy atom. The van der Waals surface area contributed by atoms with Crippen LogP contribution in [0.5, 0.6) is 0 Å². The molecular weight excluding hydrogens is 1020 g/mol. The second kappa shape index (κ2) is 59.3. The van der Waals surface area contributed by atoms with E-state index in [0.717, 1.165) is 122 Å². The van der Waals surface area contributed by atoms with Crippen LogP contribution in [0.4, 0.5) is 0 Å². The second-order valence-corrected chi connectivity index (χ2v) is 24.0. The van der Waals surface area contributed by atoms with E-state index in [1.165, 1.54) is 83.5 Å². The fourth-order valence-electron chi connectivity index (χ4n) is 8.57. The van der Waals surface area contributed by atoms with Crippen molar-refractivity contribution in [2.24, 2.45) is 0 Å². The molecule has 0 saturated heterocycles. The molecule has 9 nitrogen and oxygen atoms in total. The summed E-state index contributed by atoms with van der Waals surface area (Å²) in [5.41, 5.74) is 0. The monoisotopic (exact) mass is 1150 g/mol. The Labute approximate surface area is 498 Å². The number of phosphoric ester groups is 1. The average Bonchev–Trinajstić information content (AvgIpc) is 3.44. The maximum absolute atomic E-state index is 13.6. The third-order valence-corrected chi connectivity index (χ3v) is 14.6. The number of ether oxygens (including phenoxy) is 1. The van der Waals surface area contributed by atoms with Gasteiger partial charge in [0.05, 0.1) is 33.8 Å². The number of unbranched alkanes of at least 4 members (excludes halogenated alkanes) is 21. The first-order valence-electron chi connectivity index (χ1n) is 32.5. The first-order chi connectivity index (χ1) is 39.4. The molecule has 0 aliphatic rings. The smallest absolute Gasteiger partial charge is 0.456 e. The summed E-state index contributed by atoms with van der Waals surface area (Å²) in [7, 11) is 1.44. The van der Waals surface area contributed by atoms with Crippen LogP contribution >= 0.6 is 7.82 Å². The molecule has 0 radical (unpaired) electrons. The average molecular weight is 1150 g/mol. The van der Waals surface area contributed by atoms with Gasteiger partial charge in [-0.1, -0.05) is 245 Å². The molecule has 0 fully saturated rings. The Morgan fingerprint density at radius 3 is 1.22 bits per heavy atom. The van der Waals surface area contributed by atoms with E-state index in [9.17, 15) is 19.0 Å². The minimum Gasteiger partial charge on any atom is -0.456 e. The standard InChI is InChI=1S/C71H121N2O7P/c1-7-10-13-16-19-22-25-28-30-32-34-35-36-37-39-40-42-45-48-51-54-57-60-63-70(74)72-68(67-79-81(76,77)78-66-65-73(4,5)6)69(62-59-56-53-50-47-44-27-24-21-18-15-12-9-3)80-71(75)64-61-58-55-52-49-46-43-41-38-33-31-29-26-23-20-17-14-11-8-2/h10,13,19-20,22-23,28-31,34-35,37-39,41-42,45-46,49,59,62,68-69H,7-9,11-12,14-18,21,24-27,32-33,36,40,43-44,47-48,50-58,60-61,63-67H2,1-6H3,(H-,72,74,76,77)/p+1/b13-10-,22-19-,23-20-,30-28-,31-29-,35-34-,39-37-,41-38-,45-42-,49-46-,62-59-. The van der Waals surface area contributed by atoms with Gasteiger partial charge in [-0.15, -0.1) is 0 Å². The second-order valence-electron chi connectivity index (χ2n) is 22.5. The van der Waals surface area contributed by atoms with Crippen LogP contribution < -0.4 is 5.32 Å². The van der Waals surface area contributed by atoms with Crippen molar-refractivity contribution in [3.05, 3.63) is 134 Å². The number of carbonyl (C=O) groups is 2. The summed E-state index contributed by atoms with van der Waals surface area (Å²) < 4.78 is 30.7. The number of allylic oxidation sites excluding steroid dienone is 21. The number of nitrogens with zero attached hydrogens (tertiary/aromatic N) is 1. The zero-order valence-corrected chi connectivity index (χ0v) is 53.6. The van der Waals surface area contributed by atoms with Crippen molar-refractivity contribution in [2.75, 3.05) is 40.9 Å². The van der Waals surface area contributed by atoms with Crippen LogP contribution in [-0.2, 0) is 27.9 Å². The van der Waals surface area contributed by atoms with Crippen molar-refractivity contribution in [1.29, 1.82) is 0 Å². The molecule has 1 amide bonds. The van der Waals surface area contributed by atoms with E-state index in [-0.39, 0.29) is 37.9 Å². The van der Waals surface area contributed by atoms with Crippen molar-refractivity contribution < 1.29 is 37.3 Å². The molecule has 0 rings (SSSR count).